The second kappa shape index (κ2) is 4.90. The Hall–Kier alpha value is -2.07. The summed E-state index contributed by atoms with van der Waals surface area (Å²) in [5, 5.41) is 6.66. The summed E-state index contributed by atoms with van der Waals surface area (Å²) in [4.78, 5) is 6.52. The summed E-state index contributed by atoms with van der Waals surface area (Å²) in [6.45, 7) is 0. The van der Waals surface area contributed by atoms with Gasteiger partial charge in [0.25, 0.3) is 0 Å². The highest BCUT2D eigenvalue weighted by molar-refractivity contribution is 7.17. The van der Waals surface area contributed by atoms with Gasteiger partial charge in [0.2, 0.25) is 0 Å². The van der Waals surface area contributed by atoms with Crippen LogP contribution in [-0.2, 0) is 0 Å². The number of thiophene rings is 1. The van der Waals surface area contributed by atoms with Crippen LogP contribution >= 0.6 is 11.3 Å². The van der Waals surface area contributed by atoms with Gasteiger partial charge in [0.1, 0.15) is 5.82 Å². The highest BCUT2D eigenvalue weighted by Crippen LogP contribution is 2.28. The summed E-state index contributed by atoms with van der Waals surface area (Å²) in [7, 11) is 4.08. The van der Waals surface area contributed by atoms with Gasteiger partial charge in [-0.25, -0.2) is 4.98 Å². The van der Waals surface area contributed by atoms with Crippen molar-refractivity contribution in [1.82, 2.24) is 4.98 Å². The van der Waals surface area contributed by atoms with Crippen molar-refractivity contribution < 1.29 is 0 Å². The average Bonchev–Trinajstić information content (AvgIpc) is 2.88. The van der Waals surface area contributed by atoms with Gasteiger partial charge >= 0.3 is 0 Å². The van der Waals surface area contributed by atoms with Crippen LogP contribution in [0.15, 0.2) is 48.0 Å². The van der Waals surface area contributed by atoms with Crippen LogP contribution in [0.3, 0.4) is 0 Å². The Kier molecular flexibility index (Phi) is 3.09. The lowest BCUT2D eigenvalue weighted by Gasteiger charge is -2.14. The fraction of sp³-hybridized carbons (Fsp3) is 0.133. The molecular formula is C15H15N3S. The number of fused-ring (bicyclic) bond motifs is 1. The molecule has 3 aromatic rings. The van der Waals surface area contributed by atoms with Crippen molar-refractivity contribution >= 4 is 38.6 Å². The Morgan fingerprint density at radius 2 is 2.05 bits per heavy atom. The van der Waals surface area contributed by atoms with E-state index in [9.17, 15) is 0 Å². The van der Waals surface area contributed by atoms with E-state index in [0.717, 1.165) is 11.5 Å². The number of benzene rings is 1. The van der Waals surface area contributed by atoms with Crippen LogP contribution in [0.5, 0.6) is 0 Å². The highest BCUT2D eigenvalue weighted by atomic mass is 32.1. The first-order valence-electron chi connectivity index (χ1n) is 6.11. The number of pyridine rings is 1. The van der Waals surface area contributed by atoms with E-state index in [1.54, 1.807) is 11.3 Å². The zero-order valence-corrected chi connectivity index (χ0v) is 11.7. The van der Waals surface area contributed by atoms with Crippen LogP contribution in [0.2, 0.25) is 0 Å². The Balaban J connectivity index is 1.97. The third-order valence-electron chi connectivity index (χ3n) is 3.01. The summed E-state index contributed by atoms with van der Waals surface area (Å²) in [5.41, 5.74) is 2.22. The average molecular weight is 269 g/mol. The number of rotatable bonds is 3. The molecule has 0 fully saturated rings. The molecular weight excluding hydrogens is 254 g/mol. The summed E-state index contributed by atoms with van der Waals surface area (Å²) < 4.78 is 1.25. The third-order valence-corrected chi connectivity index (χ3v) is 3.89. The molecule has 2 aromatic heterocycles. The topological polar surface area (TPSA) is 28.2 Å². The lowest BCUT2D eigenvalue weighted by atomic mass is 10.2. The number of hydrogen-bond donors (Lipinski definition) is 1. The highest BCUT2D eigenvalue weighted by Gasteiger charge is 2.04. The standard InChI is InChI=1S/C15H15N3S/c1-18(2)12-5-3-4-11(10-12)17-15-13-7-9-19-14(13)6-8-16-15/h3-10H,1-2H3,(H,16,17). The van der Waals surface area contributed by atoms with Gasteiger partial charge < -0.3 is 10.2 Å². The second-order valence-electron chi connectivity index (χ2n) is 4.56. The zero-order chi connectivity index (χ0) is 13.2. The van der Waals surface area contributed by atoms with E-state index >= 15 is 0 Å². The fourth-order valence-corrected chi connectivity index (χ4v) is 2.77. The molecule has 1 N–H and O–H groups in total. The molecule has 3 rings (SSSR count). The van der Waals surface area contributed by atoms with Crippen molar-refractivity contribution in [2.24, 2.45) is 0 Å². The van der Waals surface area contributed by atoms with Gasteiger partial charge in [0.05, 0.1) is 0 Å². The molecule has 0 aliphatic carbocycles. The molecule has 1 aromatic carbocycles. The minimum atomic E-state index is 0.912. The van der Waals surface area contributed by atoms with E-state index in [1.165, 1.54) is 15.8 Å². The molecule has 0 aliphatic heterocycles. The van der Waals surface area contributed by atoms with Gasteiger partial charge in [0, 0.05) is 41.8 Å². The number of aromatic nitrogens is 1. The maximum absolute atomic E-state index is 4.43. The molecule has 0 bridgehead atoms. The fourth-order valence-electron chi connectivity index (χ4n) is 1.99. The number of nitrogens with zero attached hydrogens (tertiary/aromatic N) is 2. The van der Waals surface area contributed by atoms with E-state index < -0.39 is 0 Å². The van der Waals surface area contributed by atoms with Gasteiger partial charge in [-0.1, -0.05) is 6.07 Å². The first kappa shape index (κ1) is 12.0. The minimum absolute atomic E-state index is 0.912. The predicted molar refractivity (Wildman–Crippen MR) is 83.7 cm³/mol. The molecule has 0 amide bonds. The van der Waals surface area contributed by atoms with Gasteiger partial charge in [-0.2, -0.15) is 0 Å². The van der Waals surface area contributed by atoms with Crippen LogP contribution < -0.4 is 10.2 Å². The lowest BCUT2D eigenvalue weighted by molar-refractivity contribution is 1.13. The predicted octanol–water partition coefficient (Wildman–Crippen LogP) is 4.11. The van der Waals surface area contributed by atoms with Gasteiger partial charge in [-0.15, -0.1) is 11.3 Å². The lowest BCUT2D eigenvalue weighted by Crippen LogP contribution is -2.08. The first-order chi connectivity index (χ1) is 9.24. The molecule has 0 saturated heterocycles. The van der Waals surface area contributed by atoms with Gasteiger partial charge in [0.15, 0.2) is 0 Å². The van der Waals surface area contributed by atoms with E-state index in [-0.39, 0.29) is 0 Å². The first-order valence-corrected chi connectivity index (χ1v) is 6.98. The van der Waals surface area contributed by atoms with Crippen LogP contribution in [0.4, 0.5) is 17.2 Å². The Morgan fingerprint density at radius 3 is 2.89 bits per heavy atom. The maximum Gasteiger partial charge on any atom is 0.139 e. The molecule has 96 valence electrons. The largest absolute Gasteiger partial charge is 0.378 e. The molecule has 0 unspecified atom stereocenters. The van der Waals surface area contributed by atoms with Crippen LogP contribution in [0, 0.1) is 0 Å². The molecule has 0 radical (unpaired) electrons. The van der Waals surface area contributed by atoms with Gasteiger partial charge in [-0.05, 0) is 35.7 Å². The van der Waals surface area contributed by atoms with Gasteiger partial charge in [-0.3, -0.25) is 0 Å². The van der Waals surface area contributed by atoms with Crippen LogP contribution in [0.1, 0.15) is 0 Å². The summed E-state index contributed by atoms with van der Waals surface area (Å²) in [6, 6.07) is 12.5. The molecule has 4 heteroatoms. The second-order valence-corrected chi connectivity index (χ2v) is 5.51. The Labute approximate surface area is 116 Å². The third kappa shape index (κ3) is 2.39. The van der Waals surface area contributed by atoms with Crippen molar-refractivity contribution in [3.05, 3.63) is 48.0 Å². The summed E-state index contributed by atoms with van der Waals surface area (Å²) in [5.74, 6) is 0.912. The van der Waals surface area contributed by atoms with E-state index in [1.807, 2.05) is 32.4 Å². The molecule has 3 nitrogen and oxygen atoms in total. The number of nitrogens with one attached hydrogen (secondary N) is 1. The number of hydrogen-bond acceptors (Lipinski definition) is 4. The monoisotopic (exact) mass is 269 g/mol. The van der Waals surface area contributed by atoms with Crippen LogP contribution in [0.25, 0.3) is 10.1 Å². The quantitative estimate of drug-likeness (QED) is 0.775. The normalized spacial score (nSPS) is 10.6. The molecule has 19 heavy (non-hydrogen) atoms. The molecule has 0 atom stereocenters. The van der Waals surface area contributed by atoms with E-state index in [2.05, 4.69) is 44.8 Å². The maximum atomic E-state index is 4.43. The Bertz CT molecular complexity index is 703. The van der Waals surface area contributed by atoms with Crippen molar-refractivity contribution in [2.45, 2.75) is 0 Å². The van der Waals surface area contributed by atoms with Crippen molar-refractivity contribution in [2.75, 3.05) is 24.3 Å². The van der Waals surface area contributed by atoms with Crippen LogP contribution in [-0.4, -0.2) is 19.1 Å². The smallest absolute Gasteiger partial charge is 0.139 e. The molecule has 2 heterocycles. The Morgan fingerprint density at radius 1 is 1.16 bits per heavy atom. The number of anilines is 3. The van der Waals surface area contributed by atoms with Crippen molar-refractivity contribution in [1.29, 1.82) is 0 Å². The van der Waals surface area contributed by atoms with Crippen molar-refractivity contribution in [3.8, 4) is 0 Å². The molecule has 0 spiro atoms. The molecule has 0 aliphatic rings. The minimum Gasteiger partial charge on any atom is -0.378 e. The summed E-state index contributed by atoms with van der Waals surface area (Å²) >= 11 is 1.73. The zero-order valence-electron chi connectivity index (χ0n) is 10.9. The summed E-state index contributed by atoms with van der Waals surface area (Å²) in [6.07, 6.45) is 1.84. The molecule has 0 saturated carbocycles. The van der Waals surface area contributed by atoms with E-state index in [4.69, 9.17) is 0 Å². The van der Waals surface area contributed by atoms with E-state index in [0.29, 0.717) is 0 Å². The SMILES string of the molecule is CN(C)c1cccc(Nc2nccc3sccc23)c1. The van der Waals surface area contributed by atoms with Crippen molar-refractivity contribution in [3.63, 3.8) is 0 Å².